The minimum absolute atomic E-state index is 0.133. The molecule has 0 atom stereocenters. The quantitative estimate of drug-likeness (QED) is 0.322. The van der Waals surface area contributed by atoms with E-state index in [0.717, 1.165) is 11.1 Å². The average molecular weight is 487 g/mol. The van der Waals surface area contributed by atoms with Crippen molar-refractivity contribution in [3.63, 3.8) is 0 Å². The number of rotatable bonds is 8. The summed E-state index contributed by atoms with van der Waals surface area (Å²) >= 11 is 23.9. The average Bonchev–Trinajstić information content (AvgIpc) is 2.72. The van der Waals surface area contributed by atoms with Crippen LogP contribution < -0.4 is 14.8 Å². The fourth-order valence-corrected chi connectivity index (χ4v) is 3.52. The first-order valence-corrected chi connectivity index (χ1v) is 10.6. The lowest BCUT2D eigenvalue weighted by Gasteiger charge is -2.15. The van der Waals surface area contributed by atoms with Crippen molar-refractivity contribution in [2.75, 3.05) is 11.9 Å². The molecule has 30 heavy (non-hydrogen) atoms. The highest BCUT2D eigenvalue weighted by molar-refractivity contribution is 6.42. The van der Waals surface area contributed by atoms with E-state index in [-0.39, 0.29) is 15.8 Å². The zero-order chi connectivity index (χ0) is 21.7. The highest BCUT2D eigenvalue weighted by Crippen LogP contribution is 2.35. The van der Waals surface area contributed by atoms with Crippen LogP contribution in [0.15, 0.2) is 48.5 Å². The van der Waals surface area contributed by atoms with Crippen LogP contribution in [-0.2, 0) is 13.2 Å². The Labute approximate surface area is 195 Å². The Balaban J connectivity index is 1.70. The number of nitrogens with one attached hydrogen (secondary N) is 1. The summed E-state index contributed by atoms with van der Waals surface area (Å²) in [4.78, 5) is 0. The molecular weight excluding hydrogens is 468 g/mol. The number of hydrogen-bond donors (Lipinski definition) is 2. The fraction of sp³-hybridized carbons (Fsp3) is 0.182. The van der Waals surface area contributed by atoms with E-state index in [9.17, 15) is 5.11 Å². The summed E-state index contributed by atoms with van der Waals surface area (Å²) < 4.78 is 11.7. The van der Waals surface area contributed by atoms with Gasteiger partial charge in [0.05, 0.1) is 26.7 Å². The molecule has 0 amide bonds. The lowest BCUT2D eigenvalue weighted by atomic mass is 10.2. The molecule has 0 aromatic heterocycles. The predicted molar refractivity (Wildman–Crippen MR) is 124 cm³/mol. The van der Waals surface area contributed by atoms with E-state index in [2.05, 4.69) is 5.32 Å². The van der Waals surface area contributed by atoms with Crippen molar-refractivity contribution >= 4 is 52.1 Å². The van der Waals surface area contributed by atoms with Crippen LogP contribution >= 0.6 is 46.4 Å². The third-order valence-corrected chi connectivity index (χ3v) is 5.52. The first-order chi connectivity index (χ1) is 14.4. The largest absolute Gasteiger partial charge is 0.505 e. The molecule has 0 unspecified atom stereocenters. The van der Waals surface area contributed by atoms with E-state index >= 15 is 0 Å². The number of phenols is 1. The van der Waals surface area contributed by atoms with Gasteiger partial charge in [0.2, 0.25) is 0 Å². The Kier molecular flexibility index (Phi) is 7.84. The van der Waals surface area contributed by atoms with E-state index < -0.39 is 0 Å². The lowest BCUT2D eigenvalue weighted by molar-refractivity contribution is 0.269. The van der Waals surface area contributed by atoms with Gasteiger partial charge in [0, 0.05) is 12.2 Å². The summed E-state index contributed by atoms with van der Waals surface area (Å²) in [6.07, 6.45) is 0. The van der Waals surface area contributed by atoms with Crippen LogP contribution in [0.2, 0.25) is 20.1 Å². The topological polar surface area (TPSA) is 50.7 Å². The smallest absolute Gasteiger partial charge is 0.161 e. The van der Waals surface area contributed by atoms with E-state index in [4.69, 9.17) is 55.9 Å². The Morgan fingerprint density at radius 2 is 1.47 bits per heavy atom. The van der Waals surface area contributed by atoms with Gasteiger partial charge in [0.15, 0.2) is 17.2 Å². The number of anilines is 1. The van der Waals surface area contributed by atoms with Crippen molar-refractivity contribution < 1.29 is 14.6 Å². The van der Waals surface area contributed by atoms with Gasteiger partial charge in [-0.2, -0.15) is 0 Å². The molecule has 0 aliphatic rings. The van der Waals surface area contributed by atoms with Crippen molar-refractivity contribution in [3.8, 4) is 17.2 Å². The zero-order valence-electron chi connectivity index (χ0n) is 16.0. The van der Waals surface area contributed by atoms with Crippen molar-refractivity contribution in [3.05, 3.63) is 79.7 Å². The second-order valence-corrected chi connectivity index (χ2v) is 8.02. The molecular formula is C22H19Cl4NO3. The van der Waals surface area contributed by atoms with Gasteiger partial charge >= 0.3 is 0 Å². The summed E-state index contributed by atoms with van der Waals surface area (Å²) in [6.45, 7) is 3.25. The van der Waals surface area contributed by atoms with Crippen LogP contribution in [0, 0.1) is 0 Å². The molecule has 0 aliphatic heterocycles. The normalized spacial score (nSPS) is 10.7. The van der Waals surface area contributed by atoms with E-state index in [1.807, 2.05) is 31.2 Å². The minimum atomic E-state index is -0.133. The summed E-state index contributed by atoms with van der Waals surface area (Å²) in [7, 11) is 0. The maximum Gasteiger partial charge on any atom is 0.161 e. The number of aromatic hydroxyl groups is 1. The molecule has 3 rings (SSSR count). The molecule has 0 aliphatic carbocycles. The molecule has 0 radical (unpaired) electrons. The summed E-state index contributed by atoms with van der Waals surface area (Å²) in [6, 6.07) is 14.3. The molecule has 0 fully saturated rings. The minimum Gasteiger partial charge on any atom is -0.505 e. The molecule has 0 spiro atoms. The lowest BCUT2D eigenvalue weighted by Crippen LogP contribution is -2.03. The zero-order valence-corrected chi connectivity index (χ0v) is 19.0. The Bertz CT molecular complexity index is 1020. The van der Waals surface area contributed by atoms with Gasteiger partial charge in [-0.1, -0.05) is 58.5 Å². The standard InChI is InChI=1S/C22H19Cl4NO3/c1-2-29-21-8-13(11-27-15-9-18(25)22(28)19(26)10-15)4-6-20(21)30-12-14-3-5-16(23)17(24)7-14/h3-10,27-28H,2,11-12H2,1H3. The molecule has 4 nitrogen and oxygen atoms in total. The van der Waals surface area contributed by atoms with Gasteiger partial charge in [-0.15, -0.1) is 0 Å². The predicted octanol–water partition coefficient (Wildman–Crippen LogP) is 7.60. The maximum absolute atomic E-state index is 9.67. The third-order valence-electron chi connectivity index (χ3n) is 4.20. The number of phenolic OH excluding ortho intramolecular Hbond substituents is 1. The first-order valence-electron chi connectivity index (χ1n) is 9.11. The number of benzene rings is 3. The van der Waals surface area contributed by atoms with Crippen LogP contribution in [0.5, 0.6) is 17.2 Å². The van der Waals surface area contributed by atoms with Crippen LogP contribution in [0.1, 0.15) is 18.1 Å². The maximum atomic E-state index is 9.67. The molecule has 0 bridgehead atoms. The van der Waals surface area contributed by atoms with Gasteiger partial charge in [0.25, 0.3) is 0 Å². The molecule has 0 saturated carbocycles. The molecule has 3 aromatic carbocycles. The van der Waals surface area contributed by atoms with Crippen molar-refractivity contribution in [2.45, 2.75) is 20.1 Å². The van der Waals surface area contributed by atoms with Crippen LogP contribution in [-0.4, -0.2) is 11.7 Å². The Hall–Kier alpha value is -1.98. The Morgan fingerprint density at radius 3 is 2.13 bits per heavy atom. The highest BCUT2D eigenvalue weighted by atomic mass is 35.5. The van der Waals surface area contributed by atoms with Crippen LogP contribution in [0.3, 0.4) is 0 Å². The molecule has 0 saturated heterocycles. The van der Waals surface area contributed by atoms with Gasteiger partial charge < -0.3 is 19.9 Å². The Morgan fingerprint density at radius 1 is 0.767 bits per heavy atom. The van der Waals surface area contributed by atoms with Gasteiger partial charge in [0.1, 0.15) is 6.61 Å². The first kappa shape index (κ1) is 22.7. The van der Waals surface area contributed by atoms with Crippen molar-refractivity contribution in [1.82, 2.24) is 0 Å². The van der Waals surface area contributed by atoms with Gasteiger partial charge in [-0.3, -0.25) is 0 Å². The second kappa shape index (κ2) is 10.4. The van der Waals surface area contributed by atoms with Crippen LogP contribution in [0.4, 0.5) is 5.69 Å². The fourth-order valence-electron chi connectivity index (χ4n) is 2.71. The number of halogens is 4. The highest BCUT2D eigenvalue weighted by Gasteiger charge is 2.10. The summed E-state index contributed by atoms with van der Waals surface area (Å²) in [5.41, 5.74) is 2.57. The van der Waals surface area contributed by atoms with Crippen molar-refractivity contribution in [2.24, 2.45) is 0 Å². The van der Waals surface area contributed by atoms with E-state index in [1.165, 1.54) is 0 Å². The molecule has 3 aromatic rings. The molecule has 2 N–H and O–H groups in total. The molecule has 8 heteroatoms. The van der Waals surface area contributed by atoms with Crippen LogP contribution in [0.25, 0.3) is 0 Å². The van der Waals surface area contributed by atoms with Gasteiger partial charge in [-0.25, -0.2) is 0 Å². The SMILES string of the molecule is CCOc1cc(CNc2cc(Cl)c(O)c(Cl)c2)ccc1OCc1ccc(Cl)c(Cl)c1. The van der Waals surface area contributed by atoms with E-state index in [0.29, 0.717) is 47.0 Å². The summed E-state index contributed by atoms with van der Waals surface area (Å²) in [5.74, 6) is 1.13. The van der Waals surface area contributed by atoms with Crippen molar-refractivity contribution in [1.29, 1.82) is 0 Å². The van der Waals surface area contributed by atoms with E-state index in [1.54, 1.807) is 24.3 Å². The number of ether oxygens (including phenoxy) is 2. The second-order valence-electron chi connectivity index (χ2n) is 6.39. The monoisotopic (exact) mass is 485 g/mol. The molecule has 0 heterocycles. The van der Waals surface area contributed by atoms with Gasteiger partial charge in [-0.05, 0) is 54.4 Å². The molecule has 158 valence electrons. The third kappa shape index (κ3) is 5.79. The number of hydrogen-bond acceptors (Lipinski definition) is 4. The summed E-state index contributed by atoms with van der Waals surface area (Å²) in [5, 5.41) is 14.3.